The molecular weight excluding hydrogens is 236 g/mol. The van der Waals surface area contributed by atoms with E-state index >= 15 is 0 Å². The van der Waals surface area contributed by atoms with Crippen LogP contribution in [0.5, 0.6) is 0 Å². The standard InChI is InChI=1S/C16H32N2O/c1-4-8-18(15-5-6-15)12-16(7-9-19-13-16)11-17-10-14(2)3/h14-15,17H,4-13H2,1-3H3. The third kappa shape index (κ3) is 4.73. The quantitative estimate of drug-likeness (QED) is 0.695. The topological polar surface area (TPSA) is 24.5 Å². The van der Waals surface area contributed by atoms with E-state index in [1.807, 2.05) is 0 Å². The average Bonchev–Trinajstić information content (AvgIpc) is 3.11. The van der Waals surface area contributed by atoms with Gasteiger partial charge in [-0.3, -0.25) is 4.90 Å². The molecule has 3 heteroatoms. The third-order valence-corrected chi connectivity index (χ3v) is 4.35. The molecule has 0 aromatic heterocycles. The minimum atomic E-state index is 0.368. The molecule has 1 saturated heterocycles. The second kappa shape index (κ2) is 7.05. The molecule has 2 fully saturated rings. The second-order valence-corrected chi connectivity index (χ2v) is 7.03. The molecule has 2 rings (SSSR count). The Bertz CT molecular complexity index is 257. The minimum absolute atomic E-state index is 0.368. The Balaban J connectivity index is 1.86. The monoisotopic (exact) mass is 268 g/mol. The fourth-order valence-electron chi connectivity index (χ4n) is 3.14. The normalized spacial score (nSPS) is 27.6. The Morgan fingerprint density at radius 1 is 1.37 bits per heavy atom. The van der Waals surface area contributed by atoms with Crippen LogP contribution in [0.4, 0.5) is 0 Å². The summed E-state index contributed by atoms with van der Waals surface area (Å²) in [6.45, 7) is 13.5. The predicted octanol–water partition coefficient (Wildman–Crippen LogP) is 2.51. The molecule has 19 heavy (non-hydrogen) atoms. The summed E-state index contributed by atoms with van der Waals surface area (Å²) < 4.78 is 5.73. The second-order valence-electron chi connectivity index (χ2n) is 7.03. The van der Waals surface area contributed by atoms with Gasteiger partial charge < -0.3 is 10.1 Å². The molecular formula is C16H32N2O. The van der Waals surface area contributed by atoms with Crippen LogP contribution < -0.4 is 5.32 Å². The summed E-state index contributed by atoms with van der Waals surface area (Å²) in [5, 5.41) is 3.67. The largest absolute Gasteiger partial charge is 0.381 e. The molecule has 0 amide bonds. The first-order valence-corrected chi connectivity index (χ1v) is 8.18. The van der Waals surface area contributed by atoms with Crippen LogP contribution >= 0.6 is 0 Å². The highest BCUT2D eigenvalue weighted by Crippen LogP contribution is 2.34. The molecule has 0 spiro atoms. The first-order chi connectivity index (χ1) is 9.15. The van der Waals surface area contributed by atoms with Crippen molar-refractivity contribution in [2.75, 3.05) is 39.4 Å². The summed E-state index contributed by atoms with van der Waals surface area (Å²) in [5.74, 6) is 0.731. The van der Waals surface area contributed by atoms with Crippen molar-refractivity contribution in [1.82, 2.24) is 10.2 Å². The van der Waals surface area contributed by atoms with E-state index in [-0.39, 0.29) is 0 Å². The lowest BCUT2D eigenvalue weighted by Gasteiger charge is -2.35. The van der Waals surface area contributed by atoms with E-state index in [0.717, 1.165) is 38.3 Å². The number of hydrogen-bond donors (Lipinski definition) is 1. The summed E-state index contributed by atoms with van der Waals surface area (Å²) >= 11 is 0. The maximum atomic E-state index is 5.73. The lowest BCUT2D eigenvalue weighted by atomic mass is 9.86. The van der Waals surface area contributed by atoms with Crippen LogP contribution in [0.3, 0.4) is 0 Å². The van der Waals surface area contributed by atoms with Gasteiger partial charge in [-0.1, -0.05) is 20.8 Å². The van der Waals surface area contributed by atoms with Gasteiger partial charge in [-0.2, -0.15) is 0 Å². The van der Waals surface area contributed by atoms with E-state index in [1.54, 1.807) is 0 Å². The highest BCUT2D eigenvalue weighted by atomic mass is 16.5. The Hall–Kier alpha value is -0.120. The molecule has 2 aliphatic rings. The van der Waals surface area contributed by atoms with Crippen LogP contribution in [0.2, 0.25) is 0 Å². The van der Waals surface area contributed by atoms with Crippen molar-refractivity contribution in [3.05, 3.63) is 0 Å². The van der Waals surface area contributed by atoms with Gasteiger partial charge in [-0.05, 0) is 44.7 Å². The molecule has 1 aliphatic carbocycles. The lowest BCUT2D eigenvalue weighted by molar-refractivity contribution is 0.104. The van der Waals surface area contributed by atoms with Crippen LogP contribution in [0, 0.1) is 11.3 Å². The highest BCUT2D eigenvalue weighted by Gasteiger charge is 2.39. The van der Waals surface area contributed by atoms with Crippen molar-refractivity contribution < 1.29 is 4.74 Å². The highest BCUT2D eigenvalue weighted by molar-refractivity contribution is 4.93. The molecule has 0 radical (unpaired) electrons. The van der Waals surface area contributed by atoms with Crippen molar-refractivity contribution >= 4 is 0 Å². The molecule has 1 atom stereocenters. The Morgan fingerprint density at radius 2 is 2.16 bits per heavy atom. The average molecular weight is 268 g/mol. The first kappa shape index (κ1) is 15.3. The zero-order valence-corrected chi connectivity index (χ0v) is 13.1. The third-order valence-electron chi connectivity index (χ3n) is 4.35. The van der Waals surface area contributed by atoms with Crippen LogP contribution in [0.25, 0.3) is 0 Å². The maximum absolute atomic E-state index is 5.73. The number of nitrogens with one attached hydrogen (secondary N) is 1. The van der Waals surface area contributed by atoms with E-state index < -0.39 is 0 Å². The van der Waals surface area contributed by atoms with Crippen LogP contribution in [-0.2, 0) is 4.74 Å². The summed E-state index contributed by atoms with van der Waals surface area (Å²) in [4.78, 5) is 2.73. The van der Waals surface area contributed by atoms with Crippen molar-refractivity contribution in [3.8, 4) is 0 Å². The number of hydrogen-bond acceptors (Lipinski definition) is 3. The van der Waals surface area contributed by atoms with Gasteiger partial charge in [0, 0.05) is 31.2 Å². The lowest BCUT2D eigenvalue weighted by Crippen LogP contribution is -2.46. The smallest absolute Gasteiger partial charge is 0.0547 e. The van der Waals surface area contributed by atoms with Gasteiger partial charge in [-0.25, -0.2) is 0 Å². The van der Waals surface area contributed by atoms with Crippen molar-refractivity contribution in [2.45, 2.75) is 52.5 Å². The van der Waals surface area contributed by atoms with Gasteiger partial charge in [0.1, 0.15) is 0 Å². The molecule has 112 valence electrons. The Kier molecular flexibility index (Phi) is 5.67. The number of nitrogens with zero attached hydrogens (tertiary/aromatic N) is 1. The van der Waals surface area contributed by atoms with Crippen molar-refractivity contribution in [2.24, 2.45) is 11.3 Å². The zero-order chi connectivity index (χ0) is 13.7. The van der Waals surface area contributed by atoms with Crippen LogP contribution in [0.15, 0.2) is 0 Å². The van der Waals surface area contributed by atoms with Gasteiger partial charge >= 0.3 is 0 Å². The van der Waals surface area contributed by atoms with Gasteiger partial charge in [-0.15, -0.1) is 0 Å². The van der Waals surface area contributed by atoms with Crippen molar-refractivity contribution in [1.29, 1.82) is 0 Å². The summed E-state index contributed by atoms with van der Waals surface area (Å²) in [6.07, 6.45) is 5.32. The molecule has 0 bridgehead atoms. The molecule has 0 aromatic carbocycles. The van der Waals surface area contributed by atoms with Gasteiger partial charge in [0.2, 0.25) is 0 Å². The molecule has 1 N–H and O–H groups in total. The van der Waals surface area contributed by atoms with Crippen molar-refractivity contribution in [3.63, 3.8) is 0 Å². The van der Waals surface area contributed by atoms with E-state index in [9.17, 15) is 0 Å². The van der Waals surface area contributed by atoms with Crippen LogP contribution in [-0.4, -0.2) is 50.3 Å². The molecule has 1 aliphatic heterocycles. The zero-order valence-electron chi connectivity index (χ0n) is 13.1. The fraction of sp³-hybridized carbons (Fsp3) is 1.00. The maximum Gasteiger partial charge on any atom is 0.0547 e. The predicted molar refractivity (Wildman–Crippen MR) is 80.5 cm³/mol. The van der Waals surface area contributed by atoms with E-state index in [0.29, 0.717) is 5.41 Å². The molecule has 1 saturated carbocycles. The molecule has 0 aromatic rings. The molecule has 1 unspecified atom stereocenters. The molecule has 1 heterocycles. The summed E-state index contributed by atoms with van der Waals surface area (Å²) in [7, 11) is 0. The SMILES string of the molecule is CCCN(CC1(CNCC(C)C)CCOC1)C1CC1. The van der Waals surface area contributed by atoms with Gasteiger partial charge in [0.05, 0.1) is 6.61 Å². The molecule has 3 nitrogen and oxygen atoms in total. The van der Waals surface area contributed by atoms with Gasteiger partial charge in [0.25, 0.3) is 0 Å². The summed E-state index contributed by atoms with van der Waals surface area (Å²) in [5.41, 5.74) is 0.368. The van der Waals surface area contributed by atoms with E-state index in [4.69, 9.17) is 4.74 Å². The number of ether oxygens (including phenoxy) is 1. The Morgan fingerprint density at radius 3 is 2.68 bits per heavy atom. The fourth-order valence-corrected chi connectivity index (χ4v) is 3.14. The van der Waals surface area contributed by atoms with E-state index in [1.165, 1.54) is 38.8 Å². The first-order valence-electron chi connectivity index (χ1n) is 8.18. The van der Waals surface area contributed by atoms with Crippen LogP contribution in [0.1, 0.15) is 46.5 Å². The summed E-state index contributed by atoms with van der Waals surface area (Å²) in [6, 6.07) is 0.877. The van der Waals surface area contributed by atoms with E-state index in [2.05, 4.69) is 31.0 Å². The number of rotatable bonds is 9. The Labute approximate surface area is 119 Å². The van der Waals surface area contributed by atoms with Gasteiger partial charge in [0.15, 0.2) is 0 Å². The minimum Gasteiger partial charge on any atom is -0.381 e.